The third-order valence-electron chi connectivity index (χ3n) is 2.67. The molecule has 2 unspecified atom stereocenters. The minimum Gasteiger partial charge on any atom is -0.394 e. The van der Waals surface area contributed by atoms with Gasteiger partial charge in [0.25, 0.3) is 0 Å². The quantitative estimate of drug-likeness (QED) is 0.827. The zero-order chi connectivity index (χ0) is 12.8. The fraction of sp³-hybridized carbons (Fsp3) is 0.538. The highest BCUT2D eigenvalue weighted by Gasteiger charge is 2.21. The van der Waals surface area contributed by atoms with E-state index < -0.39 is 0 Å². The fourth-order valence-corrected chi connectivity index (χ4v) is 2.16. The van der Waals surface area contributed by atoms with Crippen molar-refractivity contribution in [2.45, 2.75) is 24.0 Å². The average Bonchev–Trinajstić information content (AvgIpc) is 2.42. The van der Waals surface area contributed by atoms with Gasteiger partial charge in [0.15, 0.2) is 0 Å². The van der Waals surface area contributed by atoms with Crippen LogP contribution in [0.4, 0.5) is 0 Å². The van der Waals surface area contributed by atoms with E-state index in [4.69, 9.17) is 18.8 Å². The lowest BCUT2D eigenvalue weighted by atomic mass is 10.2. The van der Waals surface area contributed by atoms with Crippen molar-refractivity contribution < 1.29 is 18.8 Å². The van der Waals surface area contributed by atoms with Gasteiger partial charge in [-0.05, 0) is 19.1 Å². The Labute approximate surface area is 111 Å². The van der Waals surface area contributed by atoms with Gasteiger partial charge in [0, 0.05) is 16.9 Å². The van der Waals surface area contributed by atoms with Crippen LogP contribution in [0.1, 0.15) is 5.56 Å². The number of aliphatic hydroxyl groups excluding tert-OH is 1. The van der Waals surface area contributed by atoms with E-state index in [1.165, 1.54) is 17.6 Å². The van der Waals surface area contributed by atoms with Crippen LogP contribution in [-0.4, -0.2) is 43.7 Å². The third kappa shape index (κ3) is 4.26. The molecule has 0 bridgehead atoms. The molecule has 1 N–H and O–H groups in total. The minimum absolute atomic E-state index is 0.00565. The molecule has 4 nitrogen and oxygen atoms in total. The number of ether oxygens (including phenoxy) is 2. The number of hydrogen-bond acceptors (Lipinski definition) is 5. The van der Waals surface area contributed by atoms with E-state index in [2.05, 4.69) is 19.1 Å². The summed E-state index contributed by atoms with van der Waals surface area (Å²) in [5.41, 5.74) is 1.23. The summed E-state index contributed by atoms with van der Waals surface area (Å²) in [5, 5.41) is 8.88. The second-order valence-corrected chi connectivity index (χ2v) is 5.15. The van der Waals surface area contributed by atoms with Gasteiger partial charge in [-0.15, -0.1) is 0 Å². The lowest BCUT2D eigenvalue weighted by Gasteiger charge is -2.27. The van der Waals surface area contributed by atoms with Gasteiger partial charge in [0.1, 0.15) is 12.2 Å². The number of rotatable bonds is 5. The first-order valence-corrected chi connectivity index (χ1v) is 6.72. The van der Waals surface area contributed by atoms with Gasteiger partial charge in [-0.2, -0.15) is 0 Å². The number of benzene rings is 1. The molecule has 0 amide bonds. The molecule has 1 heterocycles. The van der Waals surface area contributed by atoms with Crippen LogP contribution < -0.4 is 0 Å². The molecular weight excluding hydrogens is 252 g/mol. The molecule has 0 aliphatic carbocycles. The van der Waals surface area contributed by atoms with Gasteiger partial charge in [-0.25, -0.2) is 0 Å². The topological polar surface area (TPSA) is 47.9 Å². The summed E-state index contributed by atoms with van der Waals surface area (Å²) >= 11 is 1.34. The van der Waals surface area contributed by atoms with E-state index in [1.54, 1.807) is 0 Å². The smallest absolute Gasteiger partial charge is 0.106 e. The molecule has 18 heavy (non-hydrogen) atoms. The van der Waals surface area contributed by atoms with E-state index in [1.807, 2.05) is 12.1 Å². The maximum atomic E-state index is 8.88. The second kappa shape index (κ2) is 7.11. The van der Waals surface area contributed by atoms with Crippen LogP contribution in [0.15, 0.2) is 29.2 Å². The van der Waals surface area contributed by atoms with E-state index in [0.29, 0.717) is 19.8 Å². The molecule has 5 heteroatoms. The maximum absolute atomic E-state index is 8.88. The molecule has 1 aromatic carbocycles. The van der Waals surface area contributed by atoms with Gasteiger partial charge >= 0.3 is 0 Å². The molecule has 1 aliphatic rings. The summed E-state index contributed by atoms with van der Waals surface area (Å²) in [6, 6.07) is 8.16. The van der Waals surface area contributed by atoms with Crippen molar-refractivity contribution in [1.82, 2.24) is 0 Å². The first-order chi connectivity index (χ1) is 8.78. The van der Waals surface area contributed by atoms with Crippen molar-refractivity contribution >= 4 is 12.0 Å². The Hall–Kier alpha value is -0.590. The van der Waals surface area contributed by atoms with Crippen molar-refractivity contribution in [2.24, 2.45) is 0 Å². The summed E-state index contributed by atoms with van der Waals surface area (Å²) in [4.78, 5) is 1.07. The standard InChI is InChI=1S/C13H18O4S/c1-10-2-4-13(5-3-10)18-17-9-12-8-15-11(6-14)7-16-12/h2-5,11-12,14H,6-9H2,1H3. The van der Waals surface area contributed by atoms with Crippen LogP contribution in [0.25, 0.3) is 0 Å². The molecule has 0 saturated carbocycles. The molecule has 0 radical (unpaired) electrons. The SMILES string of the molecule is Cc1ccc(SOCC2COC(CO)CO2)cc1. The summed E-state index contributed by atoms with van der Waals surface area (Å²) in [7, 11) is 0. The number of hydrogen-bond donors (Lipinski definition) is 1. The zero-order valence-corrected chi connectivity index (χ0v) is 11.2. The van der Waals surface area contributed by atoms with Crippen molar-refractivity contribution in [3.05, 3.63) is 29.8 Å². The first kappa shape index (κ1) is 13.8. The van der Waals surface area contributed by atoms with Crippen molar-refractivity contribution in [3.63, 3.8) is 0 Å². The summed E-state index contributed by atoms with van der Waals surface area (Å²) in [6.45, 7) is 3.45. The highest BCUT2D eigenvalue weighted by Crippen LogP contribution is 2.20. The van der Waals surface area contributed by atoms with Crippen LogP contribution in [0.3, 0.4) is 0 Å². The van der Waals surface area contributed by atoms with E-state index in [-0.39, 0.29) is 18.8 Å². The Morgan fingerprint density at radius 1 is 1.22 bits per heavy atom. The van der Waals surface area contributed by atoms with Crippen LogP contribution in [0, 0.1) is 6.92 Å². The van der Waals surface area contributed by atoms with Gasteiger partial charge in [0.05, 0.1) is 26.4 Å². The second-order valence-electron chi connectivity index (χ2n) is 4.27. The summed E-state index contributed by atoms with van der Waals surface area (Å²) in [5.74, 6) is 0. The Kier molecular flexibility index (Phi) is 5.46. The number of aliphatic hydroxyl groups is 1. The van der Waals surface area contributed by atoms with E-state index >= 15 is 0 Å². The fourth-order valence-electron chi connectivity index (χ4n) is 1.56. The number of aryl methyl sites for hydroxylation is 1. The molecular formula is C13H18O4S. The maximum Gasteiger partial charge on any atom is 0.106 e. The lowest BCUT2D eigenvalue weighted by molar-refractivity contribution is -0.151. The largest absolute Gasteiger partial charge is 0.394 e. The zero-order valence-electron chi connectivity index (χ0n) is 10.4. The Morgan fingerprint density at radius 2 is 1.89 bits per heavy atom. The van der Waals surface area contributed by atoms with Gasteiger partial charge in [0.2, 0.25) is 0 Å². The first-order valence-electron chi connectivity index (χ1n) is 5.98. The lowest BCUT2D eigenvalue weighted by Crippen LogP contribution is -2.39. The van der Waals surface area contributed by atoms with Crippen molar-refractivity contribution in [2.75, 3.05) is 26.4 Å². The predicted octanol–water partition coefficient (Wildman–Crippen LogP) is 1.80. The van der Waals surface area contributed by atoms with Crippen LogP contribution in [0.2, 0.25) is 0 Å². The van der Waals surface area contributed by atoms with Crippen molar-refractivity contribution in [3.8, 4) is 0 Å². The molecule has 0 aromatic heterocycles. The molecule has 1 fully saturated rings. The van der Waals surface area contributed by atoms with E-state index in [0.717, 1.165) is 4.90 Å². The predicted molar refractivity (Wildman–Crippen MR) is 69.6 cm³/mol. The molecule has 2 atom stereocenters. The Balaban J connectivity index is 1.65. The van der Waals surface area contributed by atoms with Gasteiger partial charge in [-0.1, -0.05) is 17.7 Å². The summed E-state index contributed by atoms with van der Waals surface area (Å²) < 4.78 is 16.4. The Morgan fingerprint density at radius 3 is 2.50 bits per heavy atom. The minimum atomic E-state index is -0.189. The molecule has 1 aromatic rings. The van der Waals surface area contributed by atoms with Crippen LogP contribution in [0.5, 0.6) is 0 Å². The molecule has 0 spiro atoms. The highest BCUT2D eigenvalue weighted by atomic mass is 32.2. The molecule has 100 valence electrons. The van der Waals surface area contributed by atoms with Crippen molar-refractivity contribution in [1.29, 1.82) is 0 Å². The average molecular weight is 270 g/mol. The van der Waals surface area contributed by atoms with Gasteiger partial charge < -0.3 is 18.8 Å². The van der Waals surface area contributed by atoms with Gasteiger partial charge in [-0.3, -0.25) is 0 Å². The molecule has 2 rings (SSSR count). The van der Waals surface area contributed by atoms with Crippen LogP contribution in [-0.2, 0) is 13.7 Å². The molecule has 1 saturated heterocycles. The Bertz CT molecular complexity index is 347. The van der Waals surface area contributed by atoms with E-state index in [9.17, 15) is 0 Å². The van der Waals surface area contributed by atoms with Crippen LogP contribution >= 0.6 is 12.0 Å². The highest BCUT2D eigenvalue weighted by molar-refractivity contribution is 7.94. The monoisotopic (exact) mass is 270 g/mol. The normalized spacial score (nSPS) is 24.1. The molecule has 1 aliphatic heterocycles. The summed E-state index contributed by atoms with van der Waals surface area (Å²) in [6.07, 6.45) is -0.239. The third-order valence-corrected chi connectivity index (χ3v) is 3.39.